The molecule has 1 N–H and O–H groups in total. The summed E-state index contributed by atoms with van der Waals surface area (Å²) in [5, 5.41) is 11.9. The first-order valence-electron chi connectivity index (χ1n) is 6.27. The minimum atomic E-state index is 0.506. The Labute approximate surface area is 131 Å². The minimum Gasteiger partial charge on any atom is -0.423 e. The van der Waals surface area contributed by atoms with Crippen LogP contribution in [0.1, 0.15) is 5.56 Å². The van der Waals surface area contributed by atoms with E-state index >= 15 is 0 Å². The van der Waals surface area contributed by atoms with Crippen LogP contribution in [0, 0.1) is 0 Å². The van der Waals surface area contributed by atoms with Gasteiger partial charge in [0.1, 0.15) is 0 Å². The fourth-order valence-corrected chi connectivity index (χ4v) is 2.20. The van der Waals surface area contributed by atoms with Gasteiger partial charge in [-0.1, -0.05) is 29.3 Å². The molecule has 0 aliphatic heterocycles. The molecule has 0 spiro atoms. The highest BCUT2D eigenvalue weighted by molar-refractivity contribution is 6.42. The Kier molecular flexibility index (Phi) is 4.08. The Morgan fingerprint density at radius 2 is 1.81 bits per heavy atom. The summed E-state index contributed by atoms with van der Waals surface area (Å²) in [6, 6.07) is 13.3. The van der Waals surface area contributed by atoms with Gasteiger partial charge in [-0.15, -0.1) is 10.2 Å². The summed E-state index contributed by atoms with van der Waals surface area (Å²) in [4.78, 5) is 0. The first-order chi connectivity index (χ1) is 10.2. The molecule has 106 valence electrons. The van der Waals surface area contributed by atoms with E-state index in [1.807, 2.05) is 36.4 Å². The van der Waals surface area contributed by atoms with Gasteiger partial charge in [0.15, 0.2) is 0 Å². The molecule has 6 heteroatoms. The average Bonchev–Trinajstić information content (AvgIpc) is 3.03. The van der Waals surface area contributed by atoms with Crippen LogP contribution in [0.3, 0.4) is 0 Å². The van der Waals surface area contributed by atoms with Crippen LogP contribution in [-0.2, 0) is 6.54 Å². The van der Waals surface area contributed by atoms with E-state index in [0.717, 1.165) is 16.8 Å². The zero-order valence-corrected chi connectivity index (χ0v) is 12.4. The van der Waals surface area contributed by atoms with E-state index in [1.54, 1.807) is 6.07 Å². The van der Waals surface area contributed by atoms with Gasteiger partial charge < -0.3 is 9.73 Å². The molecule has 0 aliphatic rings. The quantitative estimate of drug-likeness (QED) is 0.760. The van der Waals surface area contributed by atoms with E-state index in [9.17, 15) is 0 Å². The Morgan fingerprint density at radius 1 is 1.00 bits per heavy atom. The SMILES string of the molecule is Clc1ccc(CNc2ccc(-c3nnco3)cc2)cc1Cl. The monoisotopic (exact) mass is 319 g/mol. The van der Waals surface area contributed by atoms with Gasteiger partial charge in [0.2, 0.25) is 12.3 Å². The minimum absolute atomic E-state index is 0.506. The van der Waals surface area contributed by atoms with Crippen LogP contribution >= 0.6 is 23.2 Å². The topological polar surface area (TPSA) is 51.0 Å². The molecule has 1 heterocycles. The number of anilines is 1. The molecule has 2 aromatic carbocycles. The molecule has 0 saturated heterocycles. The number of hydrogen-bond acceptors (Lipinski definition) is 4. The summed E-state index contributed by atoms with van der Waals surface area (Å²) in [5.41, 5.74) is 2.93. The Bertz CT molecular complexity index is 727. The first-order valence-corrected chi connectivity index (χ1v) is 7.02. The van der Waals surface area contributed by atoms with Crippen LogP contribution in [0.15, 0.2) is 53.3 Å². The van der Waals surface area contributed by atoms with Crippen molar-refractivity contribution in [3.63, 3.8) is 0 Å². The Balaban J connectivity index is 1.66. The third kappa shape index (κ3) is 3.35. The van der Waals surface area contributed by atoms with Gasteiger partial charge in [-0.05, 0) is 42.0 Å². The normalized spacial score (nSPS) is 10.6. The Hall–Kier alpha value is -2.04. The lowest BCUT2D eigenvalue weighted by Gasteiger charge is -2.08. The van der Waals surface area contributed by atoms with Gasteiger partial charge in [0.25, 0.3) is 0 Å². The predicted octanol–water partition coefficient (Wildman–Crippen LogP) is 4.66. The molecule has 0 fully saturated rings. The molecule has 3 rings (SSSR count). The first kappa shape index (κ1) is 13.9. The lowest BCUT2D eigenvalue weighted by molar-refractivity contribution is 0.568. The molecule has 0 unspecified atom stereocenters. The molecular formula is C15H11Cl2N3O. The third-order valence-electron chi connectivity index (χ3n) is 2.97. The maximum absolute atomic E-state index is 5.99. The fourth-order valence-electron chi connectivity index (χ4n) is 1.88. The van der Waals surface area contributed by atoms with Gasteiger partial charge in [-0.3, -0.25) is 0 Å². The van der Waals surface area contributed by atoms with E-state index in [-0.39, 0.29) is 0 Å². The van der Waals surface area contributed by atoms with Crippen LogP contribution in [0.25, 0.3) is 11.5 Å². The van der Waals surface area contributed by atoms with E-state index in [0.29, 0.717) is 22.5 Å². The molecule has 3 aromatic rings. The van der Waals surface area contributed by atoms with Crippen LogP contribution < -0.4 is 5.32 Å². The predicted molar refractivity (Wildman–Crippen MR) is 83.5 cm³/mol. The molecule has 4 nitrogen and oxygen atoms in total. The van der Waals surface area contributed by atoms with Crippen LogP contribution in [0.2, 0.25) is 10.0 Å². The molecule has 0 atom stereocenters. The number of benzene rings is 2. The second-order valence-corrected chi connectivity index (χ2v) is 5.24. The molecule has 21 heavy (non-hydrogen) atoms. The van der Waals surface area contributed by atoms with E-state index < -0.39 is 0 Å². The maximum atomic E-state index is 5.99. The van der Waals surface area contributed by atoms with Crippen molar-refractivity contribution in [1.82, 2.24) is 10.2 Å². The van der Waals surface area contributed by atoms with Gasteiger partial charge in [0, 0.05) is 17.8 Å². The van der Waals surface area contributed by atoms with Crippen molar-refractivity contribution >= 4 is 28.9 Å². The summed E-state index contributed by atoms with van der Waals surface area (Å²) >= 11 is 11.9. The highest BCUT2D eigenvalue weighted by atomic mass is 35.5. The summed E-state index contributed by atoms with van der Waals surface area (Å²) in [6.07, 6.45) is 1.31. The van der Waals surface area contributed by atoms with Crippen LogP contribution in [0.5, 0.6) is 0 Å². The Morgan fingerprint density at radius 3 is 2.48 bits per heavy atom. The summed E-state index contributed by atoms with van der Waals surface area (Å²) in [5.74, 6) is 0.506. The summed E-state index contributed by atoms with van der Waals surface area (Å²) in [6.45, 7) is 0.663. The van der Waals surface area contributed by atoms with E-state index in [4.69, 9.17) is 27.6 Å². The van der Waals surface area contributed by atoms with E-state index in [1.165, 1.54) is 6.39 Å². The van der Waals surface area contributed by atoms with Gasteiger partial charge in [0.05, 0.1) is 10.0 Å². The second-order valence-electron chi connectivity index (χ2n) is 4.42. The van der Waals surface area contributed by atoms with E-state index in [2.05, 4.69) is 15.5 Å². The number of nitrogens with zero attached hydrogens (tertiary/aromatic N) is 2. The van der Waals surface area contributed by atoms with Gasteiger partial charge >= 0.3 is 0 Å². The average molecular weight is 320 g/mol. The molecule has 0 radical (unpaired) electrons. The number of nitrogens with one attached hydrogen (secondary N) is 1. The lowest BCUT2D eigenvalue weighted by Crippen LogP contribution is -1.99. The molecule has 0 saturated carbocycles. The number of hydrogen-bond donors (Lipinski definition) is 1. The van der Waals surface area contributed by atoms with Crippen LogP contribution in [0.4, 0.5) is 5.69 Å². The van der Waals surface area contributed by atoms with Gasteiger partial charge in [-0.2, -0.15) is 0 Å². The molecule has 1 aromatic heterocycles. The number of aromatic nitrogens is 2. The third-order valence-corrected chi connectivity index (χ3v) is 3.71. The summed E-state index contributed by atoms with van der Waals surface area (Å²) in [7, 11) is 0. The van der Waals surface area contributed by atoms with Crippen molar-refractivity contribution in [1.29, 1.82) is 0 Å². The summed E-state index contributed by atoms with van der Waals surface area (Å²) < 4.78 is 5.14. The number of halogens is 2. The standard InChI is InChI=1S/C15H11Cl2N3O/c16-13-6-1-10(7-14(13)17)8-18-12-4-2-11(3-5-12)15-20-19-9-21-15/h1-7,9,18H,8H2. The van der Waals surface area contributed by atoms with Crippen LogP contribution in [-0.4, -0.2) is 10.2 Å². The van der Waals surface area contributed by atoms with Crippen molar-refractivity contribution in [2.75, 3.05) is 5.32 Å². The van der Waals surface area contributed by atoms with Crippen molar-refractivity contribution < 1.29 is 4.42 Å². The lowest BCUT2D eigenvalue weighted by atomic mass is 10.2. The van der Waals surface area contributed by atoms with Crippen molar-refractivity contribution in [2.45, 2.75) is 6.54 Å². The van der Waals surface area contributed by atoms with Crippen molar-refractivity contribution in [2.24, 2.45) is 0 Å². The zero-order chi connectivity index (χ0) is 14.7. The van der Waals surface area contributed by atoms with Crippen molar-refractivity contribution in [3.05, 3.63) is 64.5 Å². The largest absolute Gasteiger partial charge is 0.423 e. The molecule has 0 amide bonds. The molecular weight excluding hydrogens is 309 g/mol. The molecule has 0 bridgehead atoms. The smallest absolute Gasteiger partial charge is 0.247 e. The molecule has 0 aliphatic carbocycles. The number of rotatable bonds is 4. The zero-order valence-electron chi connectivity index (χ0n) is 10.9. The highest BCUT2D eigenvalue weighted by Gasteiger charge is 2.03. The maximum Gasteiger partial charge on any atom is 0.247 e. The highest BCUT2D eigenvalue weighted by Crippen LogP contribution is 2.23. The van der Waals surface area contributed by atoms with Gasteiger partial charge in [-0.25, -0.2) is 0 Å². The second kappa shape index (κ2) is 6.16. The fraction of sp³-hybridized carbons (Fsp3) is 0.0667. The van der Waals surface area contributed by atoms with Crippen molar-refractivity contribution in [3.8, 4) is 11.5 Å².